The zero-order valence-corrected chi connectivity index (χ0v) is 16.6. The second kappa shape index (κ2) is 9.20. The average Bonchev–Trinajstić information content (AvgIpc) is 2.79. The quantitative estimate of drug-likeness (QED) is 0.802. The predicted molar refractivity (Wildman–Crippen MR) is 113 cm³/mol. The van der Waals surface area contributed by atoms with Gasteiger partial charge >= 0.3 is 0 Å². The van der Waals surface area contributed by atoms with Gasteiger partial charge in [0.1, 0.15) is 5.82 Å². The summed E-state index contributed by atoms with van der Waals surface area (Å²) in [6, 6.07) is 14.5. The summed E-state index contributed by atoms with van der Waals surface area (Å²) in [4.78, 5) is 24.4. The second-order valence-electron chi connectivity index (χ2n) is 7.79. The van der Waals surface area contributed by atoms with Crippen molar-refractivity contribution in [3.8, 4) is 0 Å². The maximum atomic E-state index is 13.0. The third kappa shape index (κ3) is 4.53. The van der Waals surface area contributed by atoms with Crippen LogP contribution in [0.3, 0.4) is 0 Å². The summed E-state index contributed by atoms with van der Waals surface area (Å²) in [6.07, 6.45) is 6.35. The standard InChI is InChI=1S/C23H30N4O/c28-23(27-13-5-2-6-14-27)21-10-7-12-24-22(21)26-18-16-25(17-19-26)15-11-20-8-3-1-4-9-20/h1,3-4,7-10,12H,2,5-6,11,13-19H2. The van der Waals surface area contributed by atoms with E-state index >= 15 is 0 Å². The molecular formula is C23H30N4O. The number of anilines is 1. The number of piperidine rings is 1. The molecule has 3 heterocycles. The summed E-state index contributed by atoms with van der Waals surface area (Å²) in [6.45, 7) is 6.71. The Morgan fingerprint density at radius 1 is 0.857 bits per heavy atom. The first-order chi connectivity index (χ1) is 13.8. The molecule has 2 aliphatic rings. The summed E-state index contributed by atoms with van der Waals surface area (Å²) in [5.74, 6) is 1.01. The van der Waals surface area contributed by atoms with E-state index in [-0.39, 0.29) is 5.91 Å². The molecule has 2 saturated heterocycles. The van der Waals surface area contributed by atoms with E-state index in [1.54, 1.807) is 0 Å². The lowest BCUT2D eigenvalue weighted by Crippen LogP contribution is -2.48. The lowest BCUT2D eigenvalue weighted by atomic mass is 10.1. The molecule has 0 N–H and O–H groups in total. The lowest BCUT2D eigenvalue weighted by molar-refractivity contribution is 0.0724. The Morgan fingerprint density at radius 3 is 2.36 bits per heavy atom. The molecule has 1 aromatic carbocycles. The maximum Gasteiger partial charge on any atom is 0.257 e. The van der Waals surface area contributed by atoms with Crippen LogP contribution in [0, 0.1) is 0 Å². The zero-order chi connectivity index (χ0) is 19.2. The number of amides is 1. The Labute approximate surface area is 168 Å². The highest BCUT2D eigenvalue weighted by molar-refractivity contribution is 5.99. The molecule has 5 heteroatoms. The Hall–Kier alpha value is -2.40. The third-order valence-corrected chi connectivity index (χ3v) is 5.89. The monoisotopic (exact) mass is 378 g/mol. The van der Waals surface area contributed by atoms with Gasteiger partial charge < -0.3 is 9.80 Å². The molecule has 0 aliphatic carbocycles. The smallest absolute Gasteiger partial charge is 0.257 e. The predicted octanol–water partition coefficient (Wildman–Crippen LogP) is 3.07. The number of hydrogen-bond acceptors (Lipinski definition) is 4. The Bertz CT molecular complexity index is 765. The summed E-state index contributed by atoms with van der Waals surface area (Å²) in [7, 11) is 0. The van der Waals surface area contributed by atoms with E-state index in [9.17, 15) is 4.79 Å². The maximum absolute atomic E-state index is 13.0. The van der Waals surface area contributed by atoms with Crippen molar-refractivity contribution in [3.63, 3.8) is 0 Å². The molecule has 0 radical (unpaired) electrons. The molecule has 0 unspecified atom stereocenters. The van der Waals surface area contributed by atoms with Crippen LogP contribution in [0.2, 0.25) is 0 Å². The fourth-order valence-corrected chi connectivity index (χ4v) is 4.20. The first-order valence-corrected chi connectivity index (χ1v) is 10.6. The third-order valence-electron chi connectivity index (χ3n) is 5.89. The average molecular weight is 379 g/mol. The van der Waals surface area contributed by atoms with Crippen molar-refractivity contribution in [3.05, 3.63) is 59.8 Å². The molecule has 5 nitrogen and oxygen atoms in total. The fourth-order valence-electron chi connectivity index (χ4n) is 4.20. The van der Waals surface area contributed by atoms with Gasteiger partial charge in [-0.3, -0.25) is 9.69 Å². The van der Waals surface area contributed by atoms with Crippen LogP contribution < -0.4 is 4.90 Å². The minimum absolute atomic E-state index is 0.148. The number of nitrogens with zero attached hydrogens (tertiary/aromatic N) is 4. The highest BCUT2D eigenvalue weighted by Crippen LogP contribution is 2.22. The number of pyridine rings is 1. The van der Waals surface area contributed by atoms with E-state index in [4.69, 9.17) is 0 Å². The molecule has 28 heavy (non-hydrogen) atoms. The normalized spacial score (nSPS) is 18.3. The molecule has 1 aromatic heterocycles. The molecule has 2 aromatic rings. The Morgan fingerprint density at radius 2 is 1.61 bits per heavy atom. The molecule has 0 atom stereocenters. The van der Waals surface area contributed by atoms with Gasteiger partial charge in [-0.05, 0) is 43.4 Å². The molecule has 0 bridgehead atoms. The number of carbonyl (C=O) groups is 1. The van der Waals surface area contributed by atoms with Crippen molar-refractivity contribution in [1.29, 1.82) is 0 Å². The molecule has 1 amide bonds. The minimum Gasteiger partial charge on any atom is -0.353 e. The Kier molecular flexibility index (Phi) is 6.22. The highest BCUT2D eigenvalue weighted by Gasteiger charge is 2.25. The van der Waals surface area contributed by atoms with Crippen LogP contribution in [0.4, 0.5) is 5.82 Å². The number of rotatable bonds is 5. The first-order valence-electron chi connectivity index (χ1n) is 10.6. The summed E-state index contributed by atoms with van der Waals surface area (Å²) >= 11 is 0. The van der Waals surface area contributed by atoms with Gasteiger partial charge in [0.25, 0.3) is 5.91 Å². The van der Waals surface area contributed by atoms with Gasteiger partial charge in [0.15, 0.2) is 0 Å². The van der Waals surface area contributed by atoms with Crippen LogP contribution in [0.15, 0.2) is 48.7 Å². The molecule has 148 valence electrons. The van der Waals surface area contributed by atoms with E-state index in [1.165, 1.54) is 12.0 Å². The summed E-state index contributed by atoms with van der Waals surface area (Å²) in [5, 5.41) is 0. The number of carbonyl (C=O) groups excluding carboxylic acids is 1. The van der Waals surface area contributed by atoms with Crippen LogP contribution in [-0.4, -0.2) is 66.5 Å². The highest BCUT2D eigenvalue weighted by atomic mass is 16.2. The summed E-state index contributed by atoms with van der Waals surface area (Å²) < 4.78 is 0. The van der Waals surface area contributed by atoms with Gasteiger partial charge in [-0.2, -0.15) is 0 Å². The zero-order valence-electron chi connectivity index (χ0n) is 16.6. The molecule has 2 fully saturated rings. The van der Waals surface area contributed by atoms with Crippen LogP contribution in [0.5, 0.6) is 0 Å². The molecule has 0 saturated carbocycles. The first kappa shape index (κ1) is 18.9. The summed E-state index contributed by atoms with van der Waals surface area (Å²) in [5.41, 5.74) is 2.16. The van der Waals surface area contributed by atoms with Crippen LogP contribution in [-0.2, 0) is 6.42 Å². The number of aromatic nitrogens is 1. The molecular weight excluding hydrogens is 348 g/mol. The lowest BCUT2D eigenvalue weighted by Gasteiger charge is -2.36. The van der Waals surface area contributed by atoms with E-state index < -0.39 is 0 Å². The van der Waals surface area contributed by atoms with Gasteiger partial charge in [0.2, 0.25) is 0 Å². The molecule has 4 rings (SSSR count). The van der Waals surface area contributed by atoms with Crippen molar-refractivity contribution >= 4 is 11.7 Å². The van der Waals surface area contributed by atoms with Crippen molar-refractivity contribution in [2.45, 2.75) is 25.7 Å². The van der Waals surface area contributed by atoms with Crippen molar-refractivity contribution in [2.75, 3.05) is 50.7 Å². The van der Waals surface area contributed by atoms with Crippen LogP contribution >= 0.6 is 0 Å². The van der Waals surface area contributed by atoms with Gasteiger partial charge in [-0.1, -0.05) is 30.3 Å². The van der Waals surface area contributed by atoms with E-state index in [0.717, 1.165) is 76.5 Å². The molecule has 0 spiro atoms. The van der Waals surface area contributed by atoms with Crippen molar-refractivity contribution in [2.24, 2.45) is 0 Å². The van der Waals surface area contributed by atoms with Crippen molar-refractivity contribution in [1.82, 2.24) is 14.8 Å². The van der Waals surface area contributed by atoms with Gasteiger partial charge in [0.05, 0.1) is 5.56 Å². The topological polar surface area (TPSA) is 39.7 Å². The second-order valence-corrected chi connectivity index (χ2v) is 7.79. The van der Waals surface area contributed by atoms with Crippen LogP contribution in [0.1, 0.15) is 35.2 Å². The minimum atomic E-state index is 0.148. The van der Waals surface area contributed by atoms with Crippen LogP contribution in [0.25, 0.3) is 0 Å². The van der Waals surface area contributed by atoms with E-state index in [2.05, 4.69) is 45.1 Å². The number of likely N-dealkylation sites (tertiary alicyclic amines) is 1. The number of piperazine rings is 1. The van der Waals surface area contributed by atoms with Gasteiger partial charge in [-0.25, -0.2) is 4.98 Å². The SMILES string of the molecule is O=C(c1cccnc1N1CCN(CCc2ccccc2)CC1)N1CCCCC1. The number of hydrogen-bond donors (Lipinski definition) is 0. The molecule has 2 aliphatic heterocycles. The van der Waals surface area contributed by atoms with Gasteiger partial charge in [0, 0.05) is 52.0 Å². The fraction of sp³-hybridized carbons (Fsp3) is 0.478. The van der Waals surface area contributed by atoms with E-state index in [0.29, 0.717) is 0 Å². The Balaban J connectivity index is 1.36. The van der Waals surface area contributed by atoms with Gasteiger partial charge in [-0.15, -0.1) is 0 Å². The number of benzene rings is 1. The van der Waals surface area contributed by atoms with Crippen molar-refractivity contribution < 1.29 is 4.79 Å². The largest absolute Gasteiger partial charge is 0.353 e. The van der Waals surface area contributed by atoms with E-state index in [1.807, 2.05) is 23.2 Å².